The zero-order chi connectivity index (χ0) is 15.1. The summed E-state index contributed by atoms with van der Waals surface area (Å²) < 4.78 is 7.15. The molecule has 5 nitrogen and oxygen atoms in total. The largest absolute Gasteiger partial charge is 0.367 e. The van der Waals surface area contributed by atoms with Gasteiger partial charge in [0.15, 0.2) is 0 Å². The van der Waals surface area contributed by atoms with E-state index in [0.717, 1.165) is 5.56 Å². The minimum atomic E-state index is -0.151. The van der Waals surface area contributed by atoms with Crippen LogP contribution in [-0.4, -0.2) is 28.3 Å². The van der Waals surface area contributed by atoms with Gasteiger partial charge in [-0.25, -0.2) is 0 Å². The van der Waals surface area contributed by atoms with Crippen molar-refractivity contribution in [2.24, 2.45) is 0 Å². The van der Waals surface area contributed by atoms with E-state index in [1.807, 2.05) is 37.4 Å². The quantitative estimate of drug-likeness (QED) is 0.853. The highest BCUT2D eigenvalue weighted by molar-refractivity contribution is 6.31. The van der Waals surface area contributed by atoms with Gasteiger partial charge in [0.05, 0.1) is 13.2 Å². The van der Waals surface area contributed by atoms with Gasteiger partial charge >= 0.3 is 0 Å². The third-order valence-corrected chi connectivity index (χ3v) is 3.24. The fraction of sp³-hybridized carbons (Fsp3) is 0.333. The first-order valence-electron chi connectivity index (χ1n) is 6.73. The van der Waals surface area contributed by atoms with E-state index in [-0.39, 0.29) is 18.6 Å². The van der Waals surface area contributed by atoms with Gasteiger partial charge < -0.3 is 10.1 Å². The van der Waals surface area contributed by atoms with Crippen LogP contribution in [0.4, 0.5) is 0 Å². The summed E-state index contributed by atoms with van der Waals surface area (Å²) in [6, 6.07) is 9.25. The van der Waals surface area contributed by atoms with Crippen molar-refractivity contribution >= 4 is 17.5 Å². The highest BCUT2D eigenvalue weighted by Gasteiger charge is 2.08. The number of halogens is 1. The van der Waals surface area contributed by atoms with Gasteiger partial charge in [-0.1, -0.05) is 29.8 Å². The molecule has 0 bridgehead atoms. The Kier molecular flexibility index (Phi) is 5.78. The second kappa shape index (κ2) is 7.81. The first kappa shape index (κ1) is 15.5. The number of carbonyl (C=O) groups is 1. The van der Waals surface area contributed by atoms with Gasteiger partial charge in [0, 0.05) is 23.5 Å². The molecule has 112 valence electrons. The Labute approximate surface area is 128 Å². The molecule has 1 atom stereocenters. The van der Waals surface area contributed by atoms with E-state index in [1.165, 1.54) is 0 Å². The molecule has 0 spiro atoms. The third-order valence-electron chi connectivity index (χ3n) is 2.88. The van der Waals surface area contributed by atoms with Crippen LogP contribution < -0.4 is 5.32 Å². The van der Waals surface area contributed by atoms with Crippen molar-refractivity contribution in [2.45, 2.75) is 26.1 Å². The van der Waals surface area contributed by atoms with E-state index in [1.54, 1.807) is 16.9 Å². The summed E-state index contributed by atoms with van der Waals surface area (Å²) in [5, 5.41) is 7.60. The Morgan fingerprint density at radius 2 is 2.24 bits per heavy atom. The molecule has 2 rings (SSSR count). The number of benzene rings is 1. The van der Waals surface area contributed by atoms with Crippen LogP contribution in [0.2, 0.25) is 5.02 Å². The van der Waals surface area contributed by atoms with Crippen molar-refractivity contribution < 1.29 is 9.53 Å². The van der Waals surface area contributed by atoms with Crippen LogP contribution in [0.3, 0.4) is 0 Å². The fourth-order valence-electron chi connectivity index (χ4n) is 1.92. The second-order valence-electron chi connectivity index (χ2n) is 4.78. The topological polar surface area (TPSA) is 56.2 Å². The van der Waals surface area contributed by atoms with E-state index in [4.69, 9.17) is 16.3 Å². The number of ether oxygens (including phenoxy) is 1. The Morgan fingerprint density at radius 1 is 1.43 bits per heavy atom. The average Bonchev–Trinajstić information content (AvgIpc) is 2.93. The lowest BCUT2D eigenvalue weighted by atomic mass is 10.2. The summed E-state index contributed by atoms with van der Waals surface area (Å²) in [5.41, 5.74) is 0.872. The van der Waals surface area contributed by atoms with Crippen molar-refractivity contribution in [3.63, 3.8) is 0 Å². The number of rotatable bonds is 7. The molecule has 0 saturated carbocycles. The van der Waals surface area contributed by atoms with Crippen LogP contribution in [-0.2, 0) is 22.7 Å². The number of nitrogens with zero attached hydrogens (tertiary/aromatic N) is 2. The summed E-state index contributed by atoms with van der Waals surface area (Å²) >= 11 is 6.01. The first-order valence-corrected chi connectivity index (χ1v) is 7.11. The van der Waals surface area contributed by atoms with Crippen LogP contribution >= 0.6 is 11.6 Å². The maximum Gasteiger partial charge on any atom is 0.246 e. The van der Waals surface area contributed by atoms with E-state index < -0.39 is 0 Å². The number of nitrogens with one attached hydrogen (secondary N) is 1. The Bertz CT molecular complexity index is 572. The van der Waals surface area contributed by atoms with Crippen LogP contribution in [0, 0.1) is 0 Å². The number of hydrogen-bond acceptors (Lipinski definition) is 3. The first-order chi connectivity index (χ1) is 10.1. The molecule has 0 radical (unpaired) electrons. The molecule has 1 heterocycles. The Morgan fingerprint density at radius 3 is 2.95 bits per heavy atom. The fourth-order valence-corrected chi connectivity index (χ4v) is 2.11. The van der Waals surface area contributed by atoms with Gasteiger partial charge in [0.2, 0.25) is 5.91 Å². The molecule has 0 fully saturated rings. The number of hydrogen-bond donors (Lipinski definition) is 1. The summed E-state index contributed by atoms with van der Waals surface area (Å²) in [4.78, 5) is 11.8. The van der Waals surface area contributed by atoms with Gasteiger partial charge in [0.1, 0.15) is 6.61 Å². The number of carbonyl (C=O) groups excluding carboxylic acids is 1. The van der Waals surface area contributed by atoms with Gasteiger partial charge in [-0.15, -0.1) is 0 Å². The molecule has 1 amide bonds. The maximum absolute atomic E-state index is 11.8. The van der Waals surface area contributed by atoms with Gasteiger partial charge in [0.25, 0.3) is 0 Å². The van der Waals surface area contributed by atoms with Crippen molar-refractivity contribution in [2.75, 3.05) is 6.61 Å². The zero-order valence-electron chi connectivity index (χ0n) is 11.8. The Balaban J connectivity index is 1.69. The molecule has 21 heavy (non-hydrogen) atoms. The number of aromatic nitrogens is 2. The van der Waals surface area contributed by atoms with Crippen molar-refractivity contribution in [3.8, 4) is 0 Å². The predicted molar refractivity (Wildman–Crippen MR) is 80.9 cm³/mol. The molecule has 1 N–H and O–H groups in total. The van der Waals surface area contributed by atoms with Crippen molar-refractivity contribution in [3.05, 3.63) is 53.3 Å². The summed E-state index contributed by atoms with van der Waals surface area (Å²) in [6.07, 6.45) is 3.57. The lowest BCUT2D eigenvalue weighted by Crippen LogP contribution is -2.38. The summed E-state index contributed by atoms with van der Waals surface area (Å²) in [5.74, 6) is -0.151. The van der Waals surface area contributed by atoms with Crippen molar-refractivity contribution in [1.82, 2.24) is 15.1 Å². The molecule has 0 saturated heterocycles. The van der Waals surface area contributed by atoms with Crippen molar-refractivity contribution in [1.29, 1.82) is 0 Å². The minimum Gasteiger partial charge on any atom is -0.367 e. The van der Waals surface area contributed by atoms with Crippen LogP contribution in [0.1, 0.15) is 12.5 Å². The van der Waals surface area contributed by atoms with Gasteiger partial charge in [-0.2, -0.15) is 5.10 Å². The predicted octanol–water partition coefficient (Wildman–Crippen LogP) is 2.26. The highest BCUT2D eigenvalue weighted by atomic mass is 35.5. The second-order valence-corrected chi connectivity index (χ2v) is 5.19. The Hall–Kier alpha value is -1.85. The maximum atomic E-state index is 11.8. The van der Waals surface area contributed by atoms with Gasteiger partial charge in [-0.05, 0) is 24.6 Å². The third kappa shape index (κ3) is 5.21. The smallest absolute Gasteiger partial charge is 0.246 e. The molecular formula is C15H18ClN3O2. The molecular weight excluding hydrogens is 290 g/mol. The van der Waals surface area contributed by atoms with Crippen LogP contribution in [0.5, 0.6) is 0 Å². The highest BCUT2D eigenvalue weighted by Crippen LogP contribution is 2.15. The van der Waals surface area contributed by atoms with Gasteiger partial charge in [-0.3, -0.25) is 9.48 Å². The van der Waals surface area contributed by atoms with E-state index in [0.29, 0.717) is 18.2 Å². The summed E-state index contributed by atoms with van der Waals surface area (Å²) in [6.45, 7) is 2.88. The average molecular weight is 308 g/mol. The van der Waals surface area contributed by atoms with E-state index in [2.05, 4.69) is 10.4 Å². The molecule has 6 heteroatoms. The van der Waals surface area contributed by atoms with Crippen LogP contribution in [0.25, 0.3) is 0 Å². The standard InChI is InChI=1S/C15H18ClN3O2/c1-12(9-19-8-4-7-17-19)18-15(20)11-21-10-13-5-2-3-6-14(13)16/h2-8,12H,9-11H2,1H3,(H,18,20)/t12-/m1/s1. The monoisotopic (exact) mass is 307 g/mol. The summed E-state index contributed by atoms with van der Waals surface area (Å²) in [7, 11) is 0. The number of amides is 1. The lowest BCUT2D eigenvalue weighted by molar-refractivity contribution is -0.126. The normalized spacial score (nSPS) is 12.1. The molecule has 0 unspecified atom stereocenters. The molecule has 0 aliphatic rings. The molecule has 0 aliphatic heterocycles. The molecule has 1 aromatic heterocycles. The molecule has 2 aromatic rings. The molecule has 0 aliphatic carbocycles. The minimum absolute atomic E-state index is 0.00860. The SMILES string of the molecule is C[C@H](Cn1cccn1)NC(=O)COCc1ccccc1Cl. The van der Waals surface area contributed by atoms with E-state index in [9.17, 15) is 4.79 Å². The molecule has 1 aromatic carbocycles. The zero-order valence-corrected chi connectivity index (χ0v) is 12.6. The van der Waals surface area contributed by atoms with E-state index >= 15 is 0 Å². The van der Waals surface area contributed by atoms with Crippen LogP contribution in [0.15, 0.2) is 42.7 Å². The lowest BCUT2D eigenvalue weighted by Gasteiger charge is -2.14.